The maximum Gasteiger partial charge on any atom is 0.218 e. The minimum atomic E-state index is 0.460. The van der Waals surface area contributed by atoms with Crippen molar-refractivity contribution >= 4 is 5.82 Å². The fraction of sp³-hybridized carbons (Fsp3) is 0.368. The Kier molecular flexibility index (Phi) is 4.77. The van der Waals surface area contributed by atoms with Gasteiger partial charge in [0.05, 0.1) is 13.7 Å². The van der Waals surface area contributed by atoms with E-state index < -0.39 is 0 Å². The van der Waals surface area contributed by atoms with Crippen LogP contribution >= 0.6 is 0 Å². The Morgan fingerprint density at radius 1 is 1.15 bits per heavy atom. The van der Waals surface area contributed by atoms with Crippen LogP contribution in [0, 0.1) is 0 Å². The zero-order chi connectivity index (χ0) is 17.8. The molecule has 0 radical (unpaired) electrons. The van der Waals surface area contributed by atoms with Gasteiger partial charge >= 0.3 is 0 Å². The predicted octanol–water partition coefficient (Wildman–Crippen LogP) is 2.51. The predicted molar refractivity (Wildman–Crippen MR) is 98.3 cm³/mol. The fourth-order valence-electron chi connectivity index (χ4n) is 3.48. The molecule has 1 aliphatic rings. The molecule has 0 aromatic carbocycles. The van der Waals surface area contributed by atoms with Gasteiger partial charge in [0.2, 0.25) is 5.88 Å². The molecule has 0 aliphatic carbocycles. The highest BCUT2D eigenvalue weighted by Crippen LogP contribution is 2.29. The molecule has 134 valence electrons. The van der Waals surface area contributed by atoms with Crippen molar-refractivity contribution in [1.82, 2.24) is 24.5 Å². The minimum Gasteiger partial charge on any atom is -0.481 e. The molecule has 0 bridgehead atoms. The quantitative estimate of drug-likeness (QED) is 0.704. The number of piperidine rings is 1. The number of methoxy groups -OCH3 is 1. The first-order valence-electron chi connectivity index (χ1n) is 8.84. The smallest absolute Gasteiger partial charge is 0.218 e. The topological polar surface area (TPSA) is 69.0 Å². The maximum atomic E-state index is 5.20. The molecular formula is C19H22N6O. The van der Waals surface area contributed by atoms with E-state index in [1.165, 1.54) is 5.56 Å². The lowest BCUT2D eigenvalue weighted by molar-refractivity contribution is 0.396. The number of anilines is 1. The van der Waals surface area contributed by atoms with Crippen LogP contribution in [-0.2, 0) is 6.54 Å². The van der Waals surface area contributed by atoms with E-state index in [-0.39, 0.29) is 0 Å². The third kappa shape index (κ3) is 3.51. The molecule has 7 heteroatoms. The maximum absolute atomic E-state index is 5.20. The van der Waals surface area contributed by atoms with E-state index in [0.29, 0.717) is 11.8 Å². The second-order valence-electron chi connectivity index (χ2n) is 6.45. The van der Waals surface area contributed by atoms with Crippen molar-refractivity contribution in [3.8, 4) is 5.88 Å². The zero-order valence-electron chi connectivity index (χ0n) is 14.8. The van der Waals surface area contributed by atoms with Crippen molar-refractivity contribution in [1.29, 1.82) is 0 Å². The number of imidazole rings is 1. The second kappa shape index (κ2) is 7.51. The molecule has 26 heavy (non-hydrogen) atoms. The molecule has 1 aliphatic heterocycles. The lowest BCUT2D eigenvalue weighted by Gasteiger charge is -2.32. The first-order valence-corrected chi connectivity index (χ1v) is 8.84. The number of rotatable bonds is 5. The van der Waals surface area contributed by atoms with Gasteiger partial charge in [0.15, 0.2) is 0 Å². The molecule has 1 fully saturated rings. The van der Waals surface area contributed by atoms with Gasteiger partial charge in [-0.3, -0.25) is 4.98 Å². The molecule has 7 nitrogen and oxygen atoms in total. The average molecular weight is 350 g/mol. The van der Waals surface area contributed by atoms with Crippen molar-refractivity contribution in [2.75, 3.05) is 25.1 Å². The van der Waals surface area contributed by atoms with E-state index in [2.05, 4.69) is 41.7 Å². The van der Waals surface area contributed by atoms with Crippen molar-refractivity contribution in [3.63, 3.8) is 0 Å². The molecule has 0 unspecified atom stereocenters. The van der Waals surface area contributed by atoms with Gasteiger partial charge in [-0.25, -0.2) is 15.0 Å². The molecule has 3 aromatic rings. The summed E-state index contributed by atoms with van der Waals surface area (Å²) in [5.41, 5.74) is 1.19. The largest absolute Gasteiger partial charge is 0.481 e. The monoisotopic (exact) mass is 350 g/mol. The van der Waals surface area contributed by atoms with Crippen LogP contribution in [0.1, 0.15) is 30.1 Å². The third-order valence-corrected chi connectivity index (χ3v) is 4.84. The highest BCUT2D eigenvalue weighted by Gasteiger charge is 2.25. The normalized spacial score (nSPS) is 15.2. The van der Waals surface area contributed by atoms with E-state index in [1.54, 1.807) is 19.6 Å². The lowest BCUT2D eigenvalue weighted by atomic mass is 9.96. The SMILES string of the molecule is COc1cc(N2CCC(c3nccn3Cc3cccnc3)CC2)ncn1. The lowest BCUT2D eigenvalue weighted by Crippen LogP contribution is -2.34. The molecule has 0 amide bonds. The summed E-state index contributed by atoms with van der Waals surface area (Å²) in [6.45, 7) is 2.71. The Hall–Kier alpha value is -2.96. The van der Waals surface area contributed by atoms with E-state index in [9.17, 15) is 0 Å². The summed E-state index contributed by atoms with van der Waals surface area (Å²) >= 11 is 0. The number of hydrogen-bond acceptors (Lipinski definition) is 6. The van der Waals surface area contributed by atoms with Crippen LogP contribution in [0.3, 0.4) is 0 Å². The highest BCUT2D eigenvalue weighted by atomic mass is 16.5. The van der Waals surface area contributed by atoms with Crippen LogP contribution in [0.5, 0.6) is 5.88 Å². The Morgan fingerprint density at radius 2 is 2.04 bits per heavy atom. The molecule has 1 saturated heterocycles. The van der Waals surface area contributed by atoms with E-state index in [0.717, 1.165) is 44.1 Å². The summed E-state index contributed by atoms with van der Waals surface area (Å²) in [6.07, 6.45) is 11.3. The van der Waals surface area contributed by atoms with Crippen LogP contribution in [0.25, 0.3) is 0 Å². The molecule has 0 N–H and O–H groups in total. The van der Waals surface area contributed by atoms with Crippen LogP contribution in [0.4, 0.5) is 5.82 Å². The molecular weight excluding hydrogens is 328 g/mol. The summed E-state index contributed by atoms with van der Waals surface area (Å²) in [6, 6.07) is 5.96. The van der Waals surface area contributed by atoms with Gasteiger partial charge in [-0.1, -0.05) is 6.07 Å². The number of hydrogen-bond donors (Lipinski definition) is 0. The van der Waals surface area contributed by atoms with Crippen molar-refractivity contribution in [3.05, 3.63) is 60.7 Å². The van der Waals surface area contributed by atoms with Crippen LogP contribution in [-0.4, -0.2) is 44.7 Å². The van der Waals surface area contributed by atoms with Gasteiger partial charge < -0.3 is 14.2 Å². The summed E-state index contributed by atoms with van der Waals surface area (Å²) in [7, 11) is 1.63. The van der Waals surface area contributed by atoms with Crippen molar-refractivity contribution in [2.24, 2.45) is 0 Å². The molecule has 0 spiro atoms. The summed E-state index contributed by atoms with van der Waals surface area (Å²) in [5, 5.41) is 0. The Balaban J connectivity index is 1.43. The molecule has 4 heterocycles. The Labute approximate surface area is 152 Å². The zero-order valence-corrected chi connectivity index (χ0v) is 14.8. The standard InChI is InChI=1S/C19H22N6O/c1-26-18-11-17(22-14-23-18)24-8-4-16(5-9-24)19-21-7-10-25(19)13-15-3-2-6-20-12-15/h2-3,6-7,10-12,14,16H,4-5,8-9,13H2,1H3. The highest BCUT2D eigenvalue weighted by molar-refractivity contribution is 5.41. The summed E-state index contributed by atoms with van der Waals surface area (Å²) in [4.78, 5) is 19.6. The number of nitrogens with zero attached hydrogens (tertiary/aromatic N) is 6. The third-order valence-electron chi connectivity index (χ3n) is 4.84. The van der Waals surface area contributed by atoms with Gasteiger partial charge in [0.25, 0.3) is 0 Å². The van der Waals surface area contributed by atoms with Gasteiger partial charge in [0, 0.05) is 49.9 Å². The average Bonchev–Trinajstić information content (AvgIpc) is 3.17. The van der Waals surface area contributed by atoms with E-state index in [1.807, 2.05) is 24.5 Å². The summed E-state index contributed by atoms with van der Waals surface area (Å²) in [5.74, 6) is 3.15. The minimum absolute atomic E-state index is 0.460. The summed E-state index contributed by atoms with van der Waals surface area (Å²) < 4.78 is 7.44. The van der Waals surface area contributed by atoms with Crippen LogP contribution in [0.2, 0.25) is 0 Å². The molecule has 0 atom stereocenters. The van der Waals surface area contributed by atoms with Crippen molar-refractivity contribution < 1.29 is 4.74 Å². The fourth-order valence-corrected chi connectivity index (χ4v) is 3.48. The molecule has 0 saturated carbocycles. The first kappa shape index (κ1) is 16.5. The second-order valence-corrected chi connectivity index (χ2v) is 6.45. The Bertz CT molecular complexity index is 842. The van der Waals surface area contributed by atoms with Crippen LogP contribution < -0.4 is 9.64 Å². The number of aromatic nitrogens is 5. The van der Waals surface area contributed by atoms with Gasteiger partial charge in [-0.05, 0) is 24.5 Å². The van der Waals surface area contributed by atoms with Crippen LogP contribution in [0.15, 0.2) is 49.3 Å². The molecule has 3 aromatic heterocycles. The van der Waals surface area contributed by atoms with E-state index in [4.69, 9.17) is 4.74 Å². The van der Waals surface area contributed by atoms with Gasteiger partial charge in [-0.15, -0.1) is 0 Å². The molecule has 4 rings (SSSR count). The van der Waals surface area contributed by atoms with Gasteiger partial charge in [0.1, 0.15) is 18.0 Å². The van der Waals surface area contributed by atoms with Crippen molar-refractivity contribution in [2.45, 2.75) is 25.3 Å². The number of pyridine rings is 1. The number of ether oxygens (including phenoxy) is 1. The first-order chi connectivity index (χ1) is 12.8. The van der Waals surface area contributed by atoms with Gasteiger partial charge in [-0.2, -0.15) is 0 Å². The van der Waals surface area contributed by atoms with E-state index >= 15 is 0 Å². The Morgan fingerprint density at radius 3 is 2.81 bits per heavy atom.